The third kappa shape index (κ3) is 2.12. The van der Waals surface area contributed by atoms with Crippen molar-refractivity contribution in [3.8, 4) is 0 Å². The van der Waals surface area contributed by atoms with Crippen molar-refractivity contribution in [2.75, 3.05) is 6.54 Å². The number of rotatable bonds is 2. The predicted octanol–water partition coefficient (Wildman–Crippen LogP) is 4.12. The third-order valence-corrected chi connectivity index (χ3v) is 4.87. The first-order valence-electron chi connectivity index (χ1n) is 7.74. The number of amides is 1. The van der Waals surface area contributed by atoms with E-state index < -0.39 is 6.04 Å². The van der Waals surface area contributed by atoms with E-state index >= 15 is 0 Å². The third-order valence-electron chi connectivity index (χ3n) is 4.38. The quantitative estimate of drug-likeness (QED) is 0.668. The molecule has 1 aliphatic rings. The molecule has 5 heteroatoms. The van der Waals surface area contributed by atoms with Crippen molar-refractivity contribution in [2.24, 2.45) is 0 Å². The standard InChI is InChI=1S/C19H14BrNO3/c1-2-21-16(11-6-5-7-12(20)10-11)15-17(22)13-8-3-4-9-14(13)24-18(15)19(21)23/h3-10,16H,2H2,1H3/t16-/m0/s1. The lowest BCUT2D eigenvalue weighted by atomic mass is 9.98. The second-order valence-corrected chi connectivity index (χ2v) is 6.63. The van der Waals surface area contributed by atoms with Crippen molar-refractivity contribution in [3.63, 3.8) is 0 Å². The van der Waals surface area contributed by atoms with Gasteiger partial charge in [-0.1, -0.05) is 40.2 Å². The van der Waals surface area contributed by atoms with Crippen LogP contribution in [0.1, 0.15) is 34.6 Å². The molecule has 3 aromatic rings. The zero-order valence-corrected chi connectivity index (χ0v) is 14.5. The van der Waals surface area contributed by atoms with Gasteiger partial charge < -0.3 is 9.32 Å². The molecule has 0 fully saturated rings. The van der Waals surface area contributed by atoms with Crippen LogP contribution in [0.2, 0.25) is 0 Å². The largest absolute Gasteiger partial charge is 0.450 e. The molecule has 0 radical (unpaired) electrons. The van der Waals surface area contributed by atoms with Gasteiger partial charge in [-0.25, -0.2) is 0 Å². The zero-order chi connectivity index (χ0) is 16.8. The molecule has 1 atom stereocenters. The average molecular weight is 384 g/mol. The molecule has 1 aromatic heterocycles. The van der Waals surface area contributed by atoms with Gasteiger partial charge in [0, 0.05) is 11.0 Å². The van der Waals surface area contributed by atoms with Gasteiger partial charge in [0.15, 0.2) is 5.43 Å². The number of fused-ring (bicyclic) bond motifs is 2. The molecule has 0 saturated carbocycles. The van der Waals surface area contributed by atoms with E-state index in [0.29, 0.717) is 23.1 Å². The maximum absolute atomic E-state index is 13.0. The van der Waals surface area contributed by atoms with E-state index in [0.717, 1.165) is 10.0 Å². The summed E-state index contributed by atoms with van der Waals surface area (Å²) in [5.41, 5.74) is 1.63. The summed E-state index contributed by atoms with van der Waals surface area (Å²) in [4.78, 5) is 27.5. The summed E-state index contributed by atoms with van der Waals surface area (Å²) in [6.07, 6.45) is 0. The van der Waals surface area contributed by atoms with Crippen molar-refractivity contribution >= 4 is 32.8 Å². The average Bonchev–Trinajstić information content (AvgIpc) is 2.88. The van der Waals surface area contributed by atoms with Gasteiger partial charge in [-0.3, -0.25) is 9.59 Å². The van der Waals surface area contributed by atoms with Gasteiger partial charge in [0.2, 0.25) is 5.76 Å². The number of hydrogen-bond acceptors (Lipinski definition) is 3. The Morgan fingerprint density at radius 3 is 2.67 bits per heavy atom. The fourth-order valence-electron chi connectivity index (χ4n) is 3.32. The Labute approximate surface area is 146 Å². The molecule has 4 nitrogen and oxygen atoms in total. The minimum Gasteiger partial charge on any atom is -0.450 e. The molecule has 1 amide bonds. The smallest absolute Gasteiger partial charge is 0.290 e. The number of carbonyl (C=O) groups is 1. The lowest BCUT2D eigenvalue weighted by Crippen LogP contribution is -2.29. The van der Waals surface area contributed by atoms with Crippen LogP contribution >= 0.6 is 15.9 Å². The number of benzene rings is 2. The summed E-state index contributed by atoms with van der Waals surface area (Å²) in [6.45, 7) is 2.40. The Hall–Kier alpha value is -2.40. The highest BCUT2D eigenvalue weighted by Gasteiger charge is 2.41. The van der Waals surface area contributed by atoms with Gasteiger partial charge >= 0.3 is 0 Å². The van der Waals surface area contributed by atoms with Crippen LogP contribution in [0.3, 0.4) is 0 Å². The Morgan fingerprint density at radius 1 is 1.12 bits per heavy atom. The SMILES string of the molecule is CCN1C(=O)c2oc3ccccc3c(=O)c2[C@@H]1c1cccc(Br)c1. The summed E-state index contributed by atoms with van der Waals surface area (Å²) in [7, 11) is 0. The van der Waals surface area contributed by atoms with Crippen LogP contribution in [-0.2, 0) is 0 Å². The van der Waals surface area contributed by atoms with Crippen molar-refractivity contribution < 1.29 is 9.21 Å². The molecule has 24 heavy (non-hydrogen) atoms. The van der Waals surface area contributed by atoms with Crippen LogP contribution in [0, 0.1) is 0 Å². The Bertz CT molecular complexity index is 1020. The molecule has 120 valence electrons. The van der Waals surface area contributed by atoms with Crippen LogP contribution in [0.4, 0.5) is 0 Å². The fourth-order valence-corrected chi connectivity index (χ4v) is 3.73. The fraction of sp³-hybridized carbons (Fsp3) is 0.158. The lowest BCUT2D eigenvalue weighted by Gasteiger charge is -2.23. The molecule has 0 bridgehead atoms. The van der Waals surface area contributed by atoms with Crippen molar-refractivity contribution in [1.82, 2.24) is 4.90 Å². The second-order valence-electron chi connectivity index (χ2n) is 5.72. The van der Waals surface area contributed by atoms with E-state index in [-0.39, 0.29) is 17.1 Å². The van der Waals surface area contributed by atoms with Crippen LogP contribution < -0.4 is 5.43 Å². The van der Waals surface area contributed by atoms with Crippen molar-refractivity contribution in [1.29, 1.82) is 0 Å². The molecule has 4 rings (SSSR count). The highest BCUT2D eigenvalue weighted by atomic mass is 79.9. The molecular formula is C19H14BrNO3. The zero-order valence-electron chi connectivity index (χ0n) is 13.0. The first-order valence-corrected chi connectivity index (χ1v) is 8.53. The highest BCUT2D eigenvalue weighted by molar-refractivity contribution is 9.10. The van der Waals surface area contributed by atoms with E-state index in [9.17, 15) is 9.59 Å². The van der Waals surface area contributed by atoms with E-state index in [4.69, 9.17) is 4.42 Å². The van der Waals surface area contributed by atoms with Crippen LogP contribution in [0.25, 0.3) is 11.0 Å². The van der Waals surface area contributed by atoms with Crippen molar-refractivity contribution in [3.05, 3.63) is 80.1 Å². The number of nitrogens with zero attached hydrogens (tertiary/aromatic N) is 1. The molecule has 2 heterocycles. The van der Waals surface area contributed by atoms with Gasteiger partial charge in [0.1, 0.15) is 5.58 Å². The number of para-hydroxylation sites is 1. The minimum atomic E-state index is -0.421. The summed E-state index contributed by atoms with van der Waals surface area (Å²) in [5.74, 6) is -0.0779. The van der Waals surface area contributed by atoms with E-state index in [2.05, 4.69) is 15.9 Å². The number of hydrogen-bond donors (Lipinski definition) is 0. The maximum Gasteiger partial charge on any atom is 0.290 e. The van der Waals surface area contributed by atoms with Gasteiger partial charge in [0.25, 0.3) is 5.91 Å². The molecule has 1 aliphatic heterocycles. The minimum absolute atomic E-state index is 0.138. The molecule has 0 aliphatic carbocycles. The van der Waals surface area contributed by atoms with Gasteiger partial charge in [-0.05, 0) is 36.8 Å². The Balaban J connectivity index is 2.05. The van der Waals surface area contributed by atoms with Gasteiger partial charge in [-0.15, -0.1) is 0 Å². The second kappa shape index (κ2) is 5.60. The molecule has 2 aromatic carbocycles. The van der Waals surface area contributed by atoms with E-state index in [1.165, 1.54) is 0 Å². The molecule has 0 spiro atoms. The van der Waals surface area contributed by atoms with Gasteiger partial charge in [0.05, 0.1) is 17.0 Å². The summed E-state index contributed by atoms with van der Waals surface area (Å²) >= 11 is 3.46. The first-order chi connectivity index (χ1) is 11.6. The van der Waals surface area contributed by atoms with Crippen molar-refractivity contribution in [2.45, 2.75) is 13.0 Å². The predicted molar refractivity (Wildman–Crippen MR) is 95.2 cm³/mol. The number of carbonyl (C=O) groups excluding carboxylic acids is 1. The number of halogens is 1. The van der Waals surface area contributed by atoms with Crippen LogP contribution in [-0.4, -0.2) is 17.4 Å². The monoisotopic (exact) mass is 383 g/mol. The molecule has 0 N–H and O–H groups in total. The summed E-state index contributed by atoms with van der Waals surface area (Å²) in [5, 5.41) is 0.502. The van der Waals surface area contributed by atoms with E-state index in [1.807, 2.05) is 31.2 Å². The molecule has 0 saturated heterocycles. The van der Waals surface area contributed by atoms with E-state index in [1.54, 1.807) is 29.2 Å². The molecular weight excluding hydrogens is 370 g/mol. The highest BCUT2D eigenvalue weighted by Crippen LogP contribution is 2.38. The van der Waals surface area contributed by atoms with Crippen LogP contribution in [0.5, 0.6) is 0 Å². The van der Waals surface area contributed by atoms with Gasteiger partial charge in [-0.2, -0.15) is 0 Å². The Kier molecular flexibility index (Phi) is 3.53. The Morgan fingerprint density at radius 2 is 1.92 bits per heavy atom. The summed E-state index contributed by atoms with van der Waals surface area (Å²) in [6, 6.07) is 14.3. The summed E-state index contributed by atoms with van der Waals surface area (Å²) < 4.78 is 6.71. The van der Waals surface area contributed by atoms with Crippen LogP contribution in [0.15, 0.2) is 62.2 Å². The topological polar surface area (TPSA) is 50.5 Å². The normalized spacial score (nSPS) is 16.7. The maximum atomic E-state index is 13.0. The lowest BCUT2D eigenvalue weighted by molar-refractivity contribution is 0.0738. The first kappa shape index (κ1) is 15.1. The molecule has 0 unspecified atom stereocenters.